The van der Waals surface area contributed by atoms with Crippen molar-refractivity contribution in [3.63, 3.8) is 0 Å². The van der Waals surface area contributed by atoms with Crippen molar-refractivity contribution >= 4 is 33.8 Å². The number of nitrogens with two attached hydrogens (primary N) is 2. The Kier molecular flexibility index (Phi) is 7.15. The molecule has 2 amide bonds. The fraction of sp³-hybridized carbons (Fsp3) is 0.346. The van der Waals surface area contributed by atoms with Crippen LogP contribution in [0.1, 0.15) is 37.6 Å². The normalized spacial score (nSPS) is 11.2. The maximum Gasteiger partial charge on any atom is 0.314 e. The highest BCUT2D eigenvalue weighted by Gasteiger charge is 2.18. The molecule has 0 bridgehead atoms. The average molecular weight is 461 g/mol. The van der Waals surface area contributed by atoms with E-state index in [2.05, 4.69) is 27.8 Å². The molecule has 2 aromatic heterocycles. The molecule has 8 nitrogen and oxygen atoms in total. The molecule has 0 radical (unpaired) electrons. The number of hydrogen-bond acceptors (Lipinski definition) is 5. The third kappa shape index (κ3) is 4.90. The first kappa shape index (κ1) is 23.4. The van der Waals surface area contributed by atoms with Crippen LogP contribution in [0.5, 0.6) is 5.75 Å². The molecule has 4 aromatic rings. The predicted octanol–water partition coefficient (Wildman–Crippen LogP) is 4.34. The Morgan fingerprint density at radius 2 is 1.82 bits per heavy atom. The maximum absolute atomic E-state index is 11.7. The van der Waals surface area contributed by atoms with E-state index >= 15 is 0 Å². The smallest absolute Gasteiger partial charge is 0.314 e. The number of nitrogens with zero attached hydrogens (tertiary/aromatic N) is 4. The van der Waals surface area contributed by atoms with Crippen LogP contribution in [0.2, 0.25) is 0 Å². The second-order valence-electron chi connectivity index (χ2n) is 8.45. The van der Waals surface area contributed by atoms with Crippen molar-refractivity contribution in [1.29, 1.82) is 0 Å². The zero-order chi connectivity index (χ0) is 24.1. The summed E-state index contributed by atoms with van der Waals surface area (Å²) in [6, 6.07) is 15.7. The summed E-state index contributed by atoms with van der Waals surface area (Å²) in [5.41, 5.74) is 15.6. The van der Waals surface area contributed by atoms with Crippen LogP contribution in [-0.4, -0.2) is 45.7 Å². The highest BCUT2D eigenvalue weighted by Crippen LogP contribution is 2.30. The van der Waals surface area contributed by atoms with Crippen LogP contribution in [0, 0.1) is 0 Å². The van der Waals surface area contributed by atoms with Crippen molar-refractivity contribution < 1.29 is 9.53 Å². The lowest BCUT2D eigenvalue weighted by molar-refractivity contribution is 0.206. The Bertz CT molecular complexity index is 1280. The number of pyridine rings is 1. The Morgan fingerprint density at radius 3 is 2.53 bits per heavy atom. The number of anilines is 1. The summed E-state index contributed by atoms with van der Waals surface area (Å²) in [7, 11) is 1.66. The summed E-state index contributed by atoms with van der Waals surface area (Å²) in [5.74, 6) is 2.19. The van der Waals surface area contributed by atoms with E-state index in [0.29, 0.717) is 25.3 Å². The molecule has 34 heavy (non-hydrogen) atoms. The molecule has 8 heteroatoms. The Morgan fingerprint density at radius 1 is 1.06 bits per heavy atom. The first-order valence-electron chi connectivity index (χ1n) is 11.7. The van der Waals surface area contributed by atoms with Gasteiger partial charge in [-0.1, -0.05) is 37.3 Å². The number of nitrogen functional groups attached to an aromatic ring is 1. The Hall–Kier alpha value is -3.81. The molecule has 0 saturated carbocycles. The van der Waals surface area contributed by atoms with Crippen molar-refractivity contribution in [2.24, 2.45) is 5.73 Å². The first-order valence-corrected chi connectivity index (χ1v) is 11.7. The number of imidazole rings is 1. The van der Waals surface area contributed by atoms with Gasteiger partial charge in [-0.25, -0.2) is 14.8 Å². The number of benzene rings is 2. The molecular weight excluding hydrogens is 428 g/mol. The number of primary amides is 1. The van der Waals surface area contributed by atoms with Crippen LogP contribution in [0.4, 0.5) is 10.6 Å². The highest BCUT2D eigenvalue weighted by molar-refractivity contribution is 6.06. The third-order valence-corrected chi connectivity index (χ3v) is 6.08. The van der Waals surface area contributed by atoms with E-state index in [0.717, 1.165) is 64.9 Å². The van der Waals surface area contributed by atoms with Crippen LogP contribution in [0.15, 0.2) is 48.5 Å². The number of amides is 2. The van der Waals surface area contributed by atoms with Gasteiger partial charge in [-0.3, -0.25) is 0 Å². The maximum atomic E-state index is 11.7. The van der Waals surface area contributed by atoms with Crippen LogP contribution in [-0.2, 0) is 13.0 Å². The lowest BCUT2D eigenvalue weighted by Crippen LogP contribution is -2.37. The van der Waals surface area contributed by atoms with Crippen LogP contribution >= 0.6 is 0 Å². The zero-order valence-corrected chi connectivity index (χ0v) is 19.8. The summed E-state index contributed by atoms with van der Waals surface area (Å²) in [6.07, 6.45) is 3.28. The molecule has 4 N–H and O–H groups in total. The van der Waals surface area contributed by atoms with Crippen molar-refractivity contribution in [2.75, 3.05) is 25.9 Å². The van der Waals surface area contributed by atoms with Gasteiger partial charge in [-0.15, -0.1) is 0 Å². The standard InChI is InChI=1S/C26H32N6O2/c1-3-14-31(26(28)33)15-6-7-16-32-22(17-18-10-12-19(34-2)13-11-18)30-23-24(32)20-8-4-5-9-21(20)29-25(23)27/h4-5,8-13H,3,6-7,14-17H2,1-2H3,(H2,27,29)(H2,28,33). The van der Waals surface area contributed by atoms with Crippen molar-refractivity contribution in [1.82, 2.24) is 19.4 Å². The van der Waals surface area contributed by atoms with Gasteiger partial charge in [0.2, 0.25) is 0 Å². The molecule has 0 atom stereocenters. The molecule has 0 fully saturated rings. The molecule has 0 saturated heterocycles. The van der Waals surface area contributed by atoms with E-state index in [-0.39, 0.29) is 6.03 Å². The SMILES string of the molecule is CCCN(CCCCn1c(Cc2ccc(OC)cc2)nc2c(N)nc3ccccc3c21)C(N)=O. The minimum absolute atomic E-state index is 0.361. The topological polar surface area (TPSA) is 112 Å². The number of aryl methyl sites for hydroxylation is 1. The Labute approximate surface area is 199 Å². The summed E-state index contributed by atoms with van der Waals surface area (Å²) < 4.78 is 7.55. The first-order chi connectivity index (χ1) is 16.5. The fourth-order valence-corrected chi connectivity index (χ4v) is 4.38. The van der Waals surface area contributed by atoms with E-state index in [1.165, 1.54) is 0 Å². The van der Waals surface area contributed by atoms with E-state index in [1.807, 2.05) is 37.3 Å². The van der Waals surface area contributed by atoms with Gasteiger partial charge < -0.3 is 25.7 Å². The summed E-state index contributed by atoms with van der Waals surface area (Å²) in [6.45, 7) is 4.13. The summed E-state index contributed by atoms with van der Waals surface area (Å²) in [5, 5.41) is 1.03. The summed E-state index contributed by atoms with van der Waals surface area (Å²) >= 11 is 0. The lowest BCUT2D eigenvalue weighted by Gasteiger charge is -2.19. The quantitative estimate of drug-likeness (QED) is 0.342. The van der Waals surface area contributed by atoms with Gasteiger partial charge >= 0.3 is 6.03 Å². The molecule has 178 valence electrons. The molecule has 2 aromatic carbocycles. The monoisotopic (exact) mass is 460 g/mol. The second kappa shape index (κ2) is 10.4. The lowest BCUT2D eigenvalue weighted by atomic mass is 10.1. The van der Waals surface area contributed by atoms with Gasteiger partial charge in [0, 0.05) is 31.4 Å². The van der Waals surface area contributed by atoms with Gasteiger partial charge in [0.25, 0.3) is 0 Å². The molecule has 0 spiro atoms. The van der Waals surface area contributed by atoms with E-state index < -0.39 is 0 Å². The second-order valence-corrected chi connectivity index (χ2v) is 8.45. The number of fused-ring (bicyclic) bond motifs is 3. The molecule has 4 rings (SSSR count). The number of para-hydroxylation sites is 1. The molecule has 2 heterocycles. The van der Waals surface area contributed by atoms with Gasteiger partial charge in [0.15, 0.2) is 5.82 Å². The van der Waals surface area contributed by atoms with E-state index in [9.17, 15) is 4.79 Å². The molecular formula is C26H32N6O2. The van der Waals surface area contributed by atoms with Gasteiger partial charge in [0.1, 0.15) is 17.1 Å². The number of hydrogen-bond donors (Lipinski definition) is 2. The average Bonchev–Trinajstić information content (AvgIpc) is 3.20. The Balaban J connectivity index is 1.67. The number of carbonyl (C=O) groups excluding carboxylic acids is 1. The molecule has 0 aliphatic heterocycles. The predicted molar refractivity (Wildman–Crippen MR) is 136 cm³/mol. The number of carbonyl (C=O) groups is 1. The van der Waals surface area contributed by atoms with Gasteiger partial charge in [-0.2, -0.15) is 0 Å². The van der Waals surface area contributed by atoms with Crippen LogP contribution < -0.4 is 16.2 Å². The van der Waals surface area contributed by atoms with Crippen LogP contribution in [0.25, 0.3) is 21.9 Å². The van der Waals surface area contributed by atoms with Crippen LogP contribution in [0.3, 0.4) is 0 Å². The fourth-order valence-electron chi connectivity index (χ4n) is 4.38. The summed E-state index contributed by atoms with van der Waals surface area (Å²) in [4.78, 5) is 22.9. The number of aromatic nitrogens is 3. The number of methoxy groups -OCH3 is 1. The minimum Gasteiger partial charge on any atom is -0.497 e. The van der Waals surface area contributed by atoms with E-state index in [1.54, 1.807) is 12.0 Å². The third-order valence-electron chi connectivity index (χ3n) is 6.08. The van der Waals surface area contributed by atoms with Gasteiger partial charge in [0.05, 0.1) is 18.1 Å². The number of urea groups is 1. The van der Waals surface area contributed by atoms with Crippen molar-refractivity contribution in [3.8, 4) is 5.75 Å². The zero-order valence-electron chi connectivity index (χ0n) is 19.8. The molecule has 0 unspecified atom stereocenters. The van der Waals surface area contributed by atoms with Gasteiger partial charge in [-0.05, 0) is 43.0 Å². The molecule has 0 aliphatic carbocycles. The highest BCUT2D eigenvalue weighted by atomic mass is 16.5. The van der Waals surface area contributed by atoms with Crippen molar-refractivity contribution in [2.45, 2.75) is 39.2 Å². The number of unbranched alkanes of at least 4 members (excludes halogenated alkanes) is 1. The largest absolute Gasteiger partial charge is 0.497 e. The van der Waals surface area contributed by atoms with E-state index in [4.69, 9.17) is 21.2 Å². The molecule has 0 aliphatic rings. The minimum atomic E-state index is -0.361. The van der Waals surface area contributed by atoms with Crippen molar-refractivity contribution in [3.05, 3.63) is 59.9 Å². The number of rotatable bonds is 10. The number of ether oxygens (including phenoxy) is 1.